The van der Waals surface area contributed by atoms with Crippen LogP contribution in [0.3, 0.4) is 0 Å². The fourth-order valence-electron chi connectivity index (χ4n) is 3.52. The van der Waals surface area contributed by atoms with Crippen molar-refractivity contribution in [1.29, 1.82) is 0 Å². The van der Waals surface area contributed by atoms with Crippen LogP contribution in [0.2, 0.25) is 0 Å². The molecule has 120 valence electrons. The number of carbonyl (C=O) groups excluding carboxylic acids is 1. The lowest BCUT2D eigenvalue weighted by molar-refractivity contribution is 0.0901. The minimum atomic E-state index is -3.02. The minimum absolute atomic E-state index is 0.0844. The van der Waals surface area contributed by atoms with E-state index in [1.807, 2.05) is 0 Å². The maximum atomic E-state index is 12.8. The molecule has 2 saturated heterocycles. The maximum Gasteiger partial charge on any atom is 0.227 e. The van der Waals surface area contributed by atoms with E-state index in [-0.39, 0.29) is 28.1 Å². The van der Waals surface area contributed by atoms with Gasteiger partial charge in [-0.1, -0.05) is 0 Å². The Kier molecular flexibility index (Phi) is 3.84. The van der Waals surface area contributed by atoms with Crippen molar-refractivity contribution in [3.63, 3.8) is 0 Å². The van der Waals surface area contributed by atoms with Gasteiger partial charge in [-0.25, -0.2) is 8.42 Å². The molecule has 2 aliphatic rings. The second-order valence-electron chi connectivity index (χ2n) is 5.85. The topological polar surface area (TPSA) is 82.6 Å². The van der Waals surface area contributed by atoms with Gasteiger partial charge in [-0.2, -0.15) is 4.98 Å². The Morgan fingerprint density at radius 2 is 1.77 bits per heavy atom. The maximum absolute atomic E-state index is 12.8. The Hall–Kier alpha value is -1.63. The summed E-state index contributed by atoms with van der Waals surface area (Å²) in [5.41, 5.74) is 0.395. The molecule has 3 heterocycles. The van der Waals surface area contributed by atoms with Crippen molar-refractivity contribution in [3.05, 3.63) is 17.7 Å². The van der Waals surface area contributed by atoms with Crippen molar-refractivity contribution in [2.24, 2.45) is 5.92 Å². The molecular formula is C15H19NO5S. The molecule has 0 radical (unpaired) electrons. The van der Waals surface area contributed by atoms with E-state index in [1.54, 1.807) is 12.1 Å². The quantitative estimate of drug-likeness (QED) is 0.783. The molecule has 0 spiro atoms. The van der Waals surface area contributed by atoms with Crippen LogP contribution in [0.5, 0.6) is 11.8 Å². The Morgan fingerprint density at radius 3 is 2.32 bits per heavy atom. The number of methoxy groups -OCH3 is 2. The van der Waals surface area contributed by atoms with Gasteiger partial charge in [0, 0.05) is 12.0 Å². The Morgan fingerprint density at radius 1 is 1.14 bits per heavy atom. The molecular weight excluding hydrogens is 306 g/mol. The van der Waals surface area contributed by atoms with Crippen LogP contribution in [0.4, 0.5) is 0 Å². The van der Waals surface area contributed by atoms with Gasteiger partial charge in [0.05, 0.1) is 30.3 Å². The molecule has 1 aromatic rings. The van der Waals surface area contributed by atoms with Crippen LogP contribution in [0.25, 0.3) is 0 Å². The summed E-state index contributed by atoms with van der Waals surface area (Å²) in [4.78, 5) is 16.9. The SMILES string of the molecule is COc1ccc(C(=O)C2CC3CCC(C2)S3(=O)=O)c(OC)n1. The van der Waals surface area contributed by atoms with Gasteiger partial charge >= 0.3 is 0 Å². The fourth-order valence-corrected chi connectivity index (χ4v) is 6.00. The first-order chi connectivity index (χ1) is 10.5. The van der Waals surface area contributed by atoms with E-state index in [0.29, 0.717) is 37.1 Å². The zero-order chi connectivity index (χ0) is 15.9. The van der Waals surface area contributed by atoms with Gasteiger partial charge in [-0.15, -0.1) is 0 Å². The van der Waals surface area contributed by atoms with Crippen molar-refractivity contribution < 1.29 is 22.7 Å². The molecule has 0 aromatic carbocycles. The summed E-state index contributed by atoms with van der Waals surface area (Å²) in [6.45, 7) is 0. The van der Waals surface area contributed by atoms with Gasteiger partial charge in [0.25, 0.3) is 0 Å². The molecule has 1 aromatic heterocycles. The van der Waals surface area contributed by atoms with Crippen LogP contribution in [-0.4, -0.2) is 43.9 Å². The fraction of sp³-hybridized carbons (Fsp3) is 0.600. The normalized spacial score (nSPS) is 29.1. The summed E-state index contributed by atoms with van der Waals surface area (Å²) >= 11 is 0. The summed E-state index contributed by atoms with van der Waals surface area (Å²) in [6, 6.07) is 3.25. The van der Waals surface area contributed by atoms with Crippen LogP contribution in [-0.2, 0) is 9.84 Å². The molecule has 2 fully saturated rings. The minimum Gasteiger partial charge on any atom is -0.481 e. The van der Waals surface area contributed by atoms with Crippen molar-refractivity contribution in [1.82, 2.24) is 4.98 Å². The molecule has 0 aliphatic carbocycles. The highest BCUT2D eigenvalue weighted by Crippen LogP contribution is 2.42. The first-order valence-electron chi connectivity index (χ1n) is 7.33. The second kappa shape index (κ2) is 5.53. The molecule has 2 bridgehead atoms. The van der Waals surface area contributed by atoms with E-state index in [0.717, 1.165) is 0 Å². The molecule has 0 N–H and O–H groups in total. The molecule has 2 atom stereocenters. The number of nitrogens with zero attached hydrogens (tertiary/aromatic N) is 1. The highest BCUT2D eigenvalue weighted by atomic mass is 32.2. The number of hydrogen-bond donors (Lipinski definition) is 0. The number of pyridine rings is 1. The van der Waals surface area contributed by atoms with Gasteiger partial charge in [0.15, 0.2) is 15.6 Å². The van der Waals surface area contributed by atoms with Crippen molar-refractivity contribution in [2.45, 2.75) is 36.2 Å². The van der Waals surface area contributed by atoms with Gasteiger partial charge in [-0.05, 0) is 31.7 Å². The molecule has 2 aliphatic heterocycles. The average Bonchev–Trinajstić information content (AvgIpc) is 2.72. The van der Waals surface area contributed by atoms with Crippen LogP contribution in [0.1, 0.15) is 36.0 Å². The van der Waals surface area contributed by atoms with E-state index in [2.05, 4.69) is 4.98 Å². The molecule has 3 rings (SSSR count). The largest absolute Gasteiger partial charge is 0.481 e. The van der Waals surface area contributed by atoms with Crippen LogP contribution >= 0.6 is 0 Å². The molecule has 7 heteroatoms. The highest BCUT2D eigenvalue weighted by molar-refractivity contribution is 7.93. The number of ether oxygens (including phenoxy) is 2. The standard InChI is InChI=1S/C15H19NO5S/c1-20-13-6-5-12(15(16-13)21-2)14(17)9-7-10-3-4-11(8-9)22(10,18)19/h5-6,9-11H,3-4,7-8H2,1-2H3. The first kappa shape index (κ1) is 15.3. The third kappa shape index (κ3) is 2.37. The molecule has 0 saturated carbocycles. The number of Topliss-reactive ketones (excluding diaryl/α,β-unsaturated/α-hetero) is 1. The second-order valence-corrected chi connectivity index (χ2v) is 8.36. The van der Waals surface area contributed by atoms with Crippen LogP contribution < -0.4 is 9.47 Å². The monoisotopic (exact) mass is 325 g/mol. The smallest absolute Gasteiger partial charge is 0.227 e. The summed E-state index contributed by atoms with van der Waals surface area (Å²) in [7, 11) is -0.0782. The third-order valence-electron chi connectivity index (χ3n) is 4.71. The number of rotatable bonds is 4. The lowest BCUT2D eigenvalue weighted by Gasteiger charge is -2.27. The number of aromatic nitrogens is 1. The molecule has 22 heavy (non-hydrogen) atoms. The zero-order valence-electron chi connectivity index (χ0n) is 12.6. The number of fused-ring (bicyclic) bond motifs is 2. The number of hydrogen-bond acceptors (Lipinski definition) is 6. The predicted molar refractivity (Wildman–Crippen MR) is 80.1 cm³/mol. The number of sulfone groups is 1. The van der Waals surface area contributed by atoms with Gasteiger partial charge in [-0.3, -0.25) is 4.79 Å². The summed E-state index contributed by atoms with van der Waals surface area (Å²) < 4.78 is 34.4. The van der Waals surface area contributed by atoms with E-state index < -0.39 is 9.84 Å². The molecule has 2 unspecified atom stereocenters. The van der Waals surface area contributed by atoms with Crippen molar-refractivity contribution in [3.8, 4) is 11.8 Å². The number of ketones is 1. The van der Waals surface area contributed by atoms with Crippen molar-refractivity contribution >= 4 is 15.6 Å². The van der Waals surface area contributed by atoms with E-state index >= 15 is 0 Å². The van der Waals surface area contributed by atoms with E-state index in [4.69, 9.17) is 9.47 Å². The first-order valence-corrected chi connectivity index (χ1v) is 8.94. The predicted octanol–water partition coefficient (Wildman–Crippen LogP) is 1.64. The average molecular weight is 325 g/mol. The van der Waals surface area contributed by atoms with E-state index in [1.165, 1.54) is 14.2 Å². The summed E-state index contributed by atoms with van der Waals surface area (Å²) in [5, 5.41) is -0.727. The Labute approximate surface area is 129 Å². The van der Waals surface area contributed by atoms with E-state index in [9.17, 15) is 13.2 Å². The van der Waals surface area contributed by atoms with Crippen LogP contribution in [0.15, 0.2) is 12.1 Å². The summed E-state index contributed by atoms with van der Waals surface area (Å²) in [5.74, 6) is 0.244. The Balaban J connectivity index is 1.87. The highest BCUT2D eigenvalue weighted by Gasteiger charge is 2.48. The Bertz CT molecular complexity index is 680. The lowest BCUT2D eigenvalue weighted by Crippen LogP contribution is -2.36. The lowest BCUT2D eigenvalue weighted by atomic mass is 9.91. The summed E-state index contributed by atoms with van der Waals surface area (Å²) in [6.07, 6.45) is 2.17. The zero-order valence-corrected chi connectivity index (χ0v) is 13.4. The van der Waals surface area contributed by atoms with Gasteiger partial charge < -0.3 is 9.47 Å². The molecule has 0 amide bonds. The third-order valence-corrected chi connectivity index (χ3v) is 7.42. The molecule has 6 nitrogen and oxygen atoms in total. The van der Waals surface area contributed by atoms with Crippen molar-refractivity contribution in [2.75, 3.05) is 14.2 Å². The number of carbonyl (C=O) groups is 1. The van der Waals surface area contributed by atoms with Gasteiger partial charge in [0.1, 0.15) is 0 Å². The van der Waals surface area contributed by atoms with Crippen LogP contribution in [0, 0.1) is 5.92 Å². The van der Waals surface area contributed by atoms with Gasteiger partial charge in [0.2, 0.25) is 11.8 Å².